The minimum atomic E-state index is -0.0598. The predicted molar refractivity (Wildman–Crippen MR) is 109 cm³/mol. The molecular weight excluding hydrogens is 364 g/mol. The largest absolute Gasteiger partial charge is 0.319 e. The Hall–Kier alpha value is -3.58. The van der Waals surface area contributed by atoms with Gasteiger partial charge in [0.25, 0.3) is 5.56 Å². The van der Waals surface area contributed by atoms with E-state index in [4.69, 9.17) is 4.98 Å². The van der Waals surface area contributed by atoms with Gasteiger partial charge >= 0.3 is 0 Å². The maximum atomic E-state index is 12.6. The van der Waals surface area contributed by atoms with Gasteiger partial charge in [-0.1, -0.05) is 6.07 Å². The van der Waals surface area contributed by atoms with Crippen LogP contribution in [0.15, 0.2) is 72.0 Å². The van der Waals surface area contributed by atoms with Crippen molar-refractivity contribution in [3.8, 4) is 17.2 Å². The Labute approximate surface area is 167 Å². The molecule has 4 aromatic heterocycles. The minimum Gasteiger partial charge on any atom is -0.319 e. The Morgan fingerprint density at radius 2 is 1.93 bits per heavy atom. The summed E-state index contributed by atoms with van der Waals surface area (Å²) in [6.45, 7) is 2.24. The van der Waals surface area contributed by atoms with Crippen molar-refractivity contribution >= 4 is 0 Å². The molecule has 5 rings (SSSR count). The first-order chi connectivity index (χ1) is 14.3. The van der Waals surface area contributed by atoms with Crippen molar-refractivity contribution < 1.29 is 0 Å². The van der Waals surface area contributed by atoms with E-state index < -0.39 is 0 Å². The zero-order valence-corrected chi connectivity index (χ0v) is 15.8. The molecule has 0 radical (unpaired) electrons. The molecule has 4 aromatic rings. The van der Waals surface area contributed by atoms with Crippen molar-refractivity contribution in [2.45, 2.75) is 19.5 Å². The molecule has 0 spiro atoms. The summed E-state index contributed by atoms with van der Waals surface area (Å²) in [6, 6.07) is 13.8. The monoisotopic (exact) mass is 384 g/mol. The van der Waals surface area contributed by atoms with Crippen LogP contribution < -0.4 is 5.56 Å². The lowest BCUT2D eigenvalue weighted by atomic mass is 10.1. The summed E-state index contributed by atoms with van der Waals surface area (Å²) < 4.78 is 2.17. The second-order valence-electron chi connectivity index (χ2n) is 7.09. The number of H-pyrrole nitrogens is 1. The lowest BCUT2D eigenvalue weighted by molar-refractivity contribution is 0.236. The number of hydrogen-bond donors (Lipinski definition) is 1. The lowest BCUT2D eigenvalue weighted by Crippen LogP contribution is -2.35. The van der Waals surface area contributed by atoms with Crippen LogP contribution in [0, 0.1) is 0 Å². The van der Waals surface area contributed by atoms with E-state index in [2.05, 4.69) is 42.7 Å². The highest BCUT2D eigenvalue weighted by Gasteiger charge is 2.22. The molecule has 144 valence electrons. The van der Waals surface area contributed by atoms with Gasteiger partial charge in [0.2, 0.25) is 0 Å². The van der Waals surface area contributed by atoms with Gasteiger partial charge in [-0.15, -0.1) is 0 Å². The first-order valence-electron chi connectivity index (χ1n) is 9.60. The van der Waals surface area contributed by atoms with Crippen molar-refractivity contribution in [3.05, 3.63) is 94.6 Å². The summed E-state index contributed by atoms with van der Waals surface area (Å²) >= 11 is 0. The van der Waals surface area contributed by atoms with Crippen LogP contribution in [0.3, 0.4) is 0 Å². The van der Waals surface area contributed by atoms with E-state index in [0.29, 0.717) is 24.5 Å². The molecule has 0 fully saturated rings. The summed E-state index contributed by atoms with van der Waals surface area (Å²) in [7, 11) is 0. The molecule has 0 unspecified atom stereocenters. The van der Waals surface area contributed by atoms with E-state index in [9.17, 15) is 4.79 Å². The van der Waals surface area contributed by atoms with Crippen LogP contribution >= 0.6 is 0 Å². The topological polar surface area (TPSA) is 79.7 Å². The third-order valence-corrected chi connectivity index (χ3v) is 5.22. The van der Waals surface area contributed by atoms with Crippen molar-refractivity contribution in [1.82, 2.24) is 29.4 Å². The normalized spacial score (nSPS) is 13.9. The number of pyridine rings is 2. The molecular formula is C22H20N6O. The van der Waals surface area contributed by atoms with E-state index in [-0.39, 0.29) is 5.56 Å². The number of nitrogens with one attached hydrogen (secondary N) is 1. The number of aromatic nitrogens is 5. The van der Waals surface area contributed by atoms with Gasteiger partial charge in [0, 0.05) is 61.4 Å². The highest BCUT2D eigenvalue weighted by atomic mass is 16.1. The number of hydrogen-bond acceptors (Lipinski definition) is 5. The molecule has 0 saturated heterocycles. The van der Waals surface area contributed by atoms with Gasteiger partial charge in [-0.25, -0.2) is 4.98 Å². The molecule has 5 heterocycles. The first kappa shape index (κ1) is 17.5. The quantitative estimate of drug-likeness (QED) is 0.585. The van der Waals surface area contributed by atoms with Gasteiger partial charge in [0.05, 0.1) is 5.69 Å². The zero-order valence-electron chi connectivity index (χ0n) is 15.8. The third-order valence-electron chi connectivity index (χ3n) is 5.22. The second-order valence-corrected chi connectivity index (χ2v) is 7.09. The molecule has 0 bridgehead atoms. The van der Waals surface area contributed by atoms with Gasteiger partial charge in [0.15, 0.2) is 5.82 Å². The molecule has 7 nitrogen and oxygen atoms in total. The summed E-state index contributed by atoms with van der Waals surface area (Å²) in [5.41, 5.74) is 4.51. The molecule has 29 heavy (non-hydrogen) atoms. The average Bonchev–Trinajstić information content (AvgIpc) is 3.23. The molecule has 1 N–H and O–H groups in total. The lowest BCUT2D eigenvalue weighted by Gasteiger charge is -2.28. The summed E-state index contributed by atoms with van der Waals surface area (Å²) in [6.07, 6.45) is 8.05. The van der Waals surface area contributed by atoms with Gasteiger partial charge in [-0.2, -0.15) is 0 Å². The van der Waals surface area contributed by atoms with Crippen LogP contribution in [-0.2, 0) is 19.5 Å². The Balaban J connectivity index is 1.41. The summed E-state index contributed by atoms with van der Waals surface area (Å²) in [5, 5.41) is 0. The molecule has 0 saturated carbocycles. The van der Waals surface area contributed by atoms with Gasteiger partial charge in [-0.3, -0.25) is 19.7 Å². The molecule has 0 amide bonds. The fourth-order valence-corrected chi connectivity index (χ4v) is 3.78. The number of fused-ring (bicyclic) bond motifs is 1. The highest BCUT2D eigenvalue weighted by Crippen LogP contribution is 2.20. The fourth-order valence-electron chi connectivity index (χ4n) is 3.78. The third kappa shape index (κ3) is 3.48. The van der Waals surface area contributed by atoms with Gasteiger partial charge in [-0.05, 0) is 42.8 Å². The molecule has 1 aliphatic rings. The minimum absolute atomic E-state index is 0.0598. The van der Waals surface area contributed by atoms with Crippen LogP contribution in [0.5, 0.6) is 0 Å². The second kappa shape index (κ2) is 7.44. The van der Waals surface area contributed by atoms with E-state index in [1.807, 2.05) is 30.3 Å². The van der Waals surface area contributed by atoms with Crippen molar-refractivity contribution in [1.29, 1.82) is 0 Å². The summed E-state index contributed by atoms with van der Waals surface area (Å²) in [4.78, 5) is 30.9. The Kier molecular flexibility index (Phi) is 4.50. The zero-order chi connectivity index (χ0) is 19.6. The Morgan fingerprint density at radius 1 is 1.03 bits per heavy atom. The number of rotatable bonds is 4. The smallest absolute Gasteiger partial charge is 0.254 e. The highest BCUT2D eigenvalue weighted by molar-refractivity contribution is 5.49. The van der Waals surface area contributed by atoms with Gasteiger partial charge in [0.1, 0.15) is 5.69 Å². The van der Waals surface area contributed by atoms with Crippen molar-refractivity contribution in [2.24, 2.45) is 0 Å². The van der Waals surface area contributed by atoms with Gasteiger partial charge < -0.3 is 9.55 Å². The fraction of sp³-hybridized carbons (Fsp3) is 0.182. The van der Waals surface area contributed by atoms with Crippen LogP contribution in [0.1, 0.15) is 17.0 Å². The Bertz CT molecular complexity index is 1180. The van der Waals surface area contributed by atoms with E-state index in [1.54, 1.807) is 18.6 Å². The summed E-state index contributed by atoms with van der Waals surface area (Å²) in [5.74, 6) is 0.524. The predicted octanol–water partition coefficient (Wildman–Crippen LogP) is 2.58. The van der Waals surface area contributed by atoms with Crippen molar-refractivity contribution in [3.63, 3.8) is 0 Å². The molecule has 0 aromatic carbocycles. The maximum absolute atomic E-state index is 12.6. The molecule has 0 atom stereocenters. The molecule has 0 aliphatic carbocycles. The van der Waals surface area contributed by atoms with Crippen LogP contribution in [0.25, 0.3) is 17.2 Å². The van der Waals surface area contributed by atoms with Crippen LogP contribution in [0.2, 0.25) is 0 Å². The average molecular weight is 384 g/mol. The number of aromatic amines is 1. The van der Waals surface area contributed by atoms with E-state index in [0.717, 1.165) is 30.0 Å². The first-order valence-corrected chi connectivity index (χ1v) is 9.60. The van der Waals surface area contributed by atoms with Crippen molar-refractivity contribution in [2.75, 3.05) is 6.54 Å². The van der Waals surface area contributed by atoms with Crippen LogP contribution in [-0.4, -0.2) is 35.9 Å². The molecule has 1 aliphatic heterocycles. The maximum Gasteiger partial charge on any atom is 0.254 e. The Morgan fingerprint density at radius 3 is 2.76 bits per heavy atom. The SMILES string of the molecule is O=c1[nH]c(-c2ccccn2)nc2c1CCN(Cc1cccn1-c1ccncc1)C2. The van der Waals surface area contributed by atoms with Crippen LogP contribution in [0.4, 0.5) is 0 Å². The van der Waals surface area contributed by atoms with E-state index >= 15 is 0 Å². The molecule has 7 heteroatoms. The van der Waals surface area contributed by atoms with E-state index in [1.165, 1.54) is 5.69 Å². The number of nitrogens with zero attached hydrogens (tertiary/aromatic N) is 5. The standard InChI is InChI=1S/C22H20N6O/c29-22-18-8-13-27(14-17-4-3-12-28(17)16-6-10-23-11-7-16)15-20(18)25-21(26-22)19-5-1-2-9-24-19/h1-7,9-12H,8,13-15H2,(H,25,26,29).